The fourth-order valence-corrected chi connectivity index (χ4v) is 17.8. The van der Waals surface area contributed by atoms with Gasteiger partial charge in [-0.25, -0.2) is 4.98 Å². The molecule has 40 nitrogen and oxygen atoms in total. The van der Waals surface area contributed by atoms with Crippen molar-refractivity contribution in [3.05, 3.63) is 120 Å². The summed E-state index contributed by atoms with van der Waals surface area (Å²) in [5, 5.41) is 61.1. The van der Waals surface area contributed by atoms with Gasteiger partial charge in [-0.3, -0.25) is 81.5 Å². The SMILES string of the molecule is CCCCC[C@H]1C(=O)N(C)[C@@H](CCCC)C(=O)N[C@@H](C)C(=O)N[C@H](C(=O)NCC(N)=O)CSCC(=O)N[C@@H](Cc2ccc(O)cc2)C(=O)N(C)[C@@H](C)C(=O)N[C@H]2CCC(=O)NCCC[C@H](NC(=O)[C@H](Cc3cnc[nH]3)NC(=O)[C@@H]3CCCN3C2=O)C(=O)N2C[C@H](O)C[C@H]2C(=O)C[C@@H](Cc2c[nH]c3ccccc23)C(=O)N[C@@H](CO)C(=O)N[C@@H](Cc2c[nH]c3ccccc23)C(=O)N1C. The normalized spacial score (nSPS) is 26.0. The Labute approximate surface area is 761 Å². The van der Waals surface area contributed by atoms with Crippen molar-refractivity contribution >= 4 is 134 Å². The van der Waals surface area contributed by atoms with Gasteiger partial charge in [0.1, 0.15) is 78.3 Å². The van der Waals surface area contributed by atoms with Gasteiger partial charge in [-0.2, -0.15) is 0 Å². The number of hydrogen-bond donors (Lipinski definition) is 17. The summed E-state index contributed by atoms with van der Waals surface area (Å²) in [5.74, 6) is -17.0. The number of aromatic hydroxyl groups is 1. The third-order valence-electron chi connectivity index (χ3n) is 24.5. The molecule has 4 fully saturated rings. The third-order valence-corrected chi connectivity index (χ3v) is 25.6. The molecule has 0 unspecified atom stereocenters. The van der Waals surface area contributed by atoms with Gasteiger partial charge in [0.05, 0.1) is 37.4 Å². The molecule has 131 heavy (non-hydrogen) atoms. The Morgan fingerprint density at radius 1 is 0.565 bits per heavy atom. The topological polar surface area (TPSA) is 574 Å². The Kier molecular flexibility index (Phi) is 36.5. The highest BCUT2D eigenvalue weighted by atomic mass is 32.2. The Balaban J connectivity index is 1.02. The molecule has 41 heteroatoms. The fraction of sp³-hybridized carbons (Fsp3) is 0.533. The molecule has 4 aliphatic rings. The van der Waals surface area contributed by atoms with Crippen LogP contribution in [0.25, 0.3) is 21.8 Å². The second kappa shape index (κ2) is 47.7. The number of carbonyl (C=O) groups is 17. The minimum Gasteiger partial charge on any atom is -0.508 e. The van der Waals surface area contributed by atoms with Crippen LogP contribution in [0, 0.1) is 5.92 Å². The lowest BCUT2D eigenvalue weighted by molar-refractivity contribution is -0.149. The van der Waals surface area contributed by atoms with Gasteiger partial charge in [0, 0.05) is 137 Å². The zero-order valence-electron chi connectivity index (χ0n) is 74.7. The molecular weight excluding hydrogens is 1710 g/mol. The van der Waals surface area contributed by atoms with Crippen LogP contribution in [0.15, 0.2) is 97.7 Å². The van der Waals surface area contributed by atoms with E-state index in [1.165, 1.54) is 86.5 Å². The zero-order valence-corrected chi connectivity index (χ0v) is 75.5. The second-order valence-corrected chi connectivity index (χ2v) is 35.1. The van der Waals surface area contributed by atoms with Gasteiger partial charge in [-0.15, -0.1) is 11.8 Å². The van der Waals surface area contributed by atoms with Gasteiger partial charge >= 0.3 is 0 Å². The number of likely N-dealkylation sites (N-methyl/N-ethyl adjacent to an activating group) is 3. The first kappa shape index (κ1) is 100. The quantitative estimate of drug-likeness (QED) is 0.0436. The fourth-order valence-electron chi connectivity index (χ4n) is 16.9. The highest BCUT2D eigenvalue weighted by molar-refractivity contribution is 8.00. The van der Waals surface area contributed by atoms with Crippen LogP contribution < -0.4 is 58.9 Å². The number of hydrogen-bond acceptors (Lipinski definition) is 22. The maximum absolute atomic E-state index is 15.7. The first-order valence-electron chi connectivity index (χ1n) is 44.6. The number of phenols is 1. The van der Waals surface area contributed by atoms with Crippen molar-refractivity contribution < 1.29 is 96.8 Å². The van der Waals surface area contributed by atoms with Gasteiger partial charge < -0.3 is 114 Å². The summed E-state index contributed by atoms with van der Waals surface area (Å²) in [5.41, 5.74) is 8.57. The number of amides is 16. The molecule has 15 atom stereocenters. The van der Waals surface area contributed by atoms with Crippen LogP contribution in [0.3, 0.4) is 0 Å². The molecule has 16 amide bonds. The maximum atomic E-state index is 15.7. The minimum atomic E-state index is -1.84. The summed E-state index contributed by atoms with van der Waals surface area (Å²) < 4.78 is 0. The number of fused-ring (bicyclic) bond motifs is 12. The molecule has 708 valence electrons. The predicted molar refractivity (Wildman–Crippen MR) is 480 cm³/mol. The molecule has 0 spiro atoms. The summed E-state index contributed by atoms with van der Waals surface area (Å²) in [6.07, 6.45) is 4.57. The molecule has 2 bridgehead atoms. The molecule has 4 aliphatic heterocycles. The minimum absolute atomic E-state index is 0.0385. The Morgan fingerprint density at radius 2 is 1.18 bits per heavy atom. The third kappa shape index (κ3) is 27.0. The number of aliphatic hydroxyl groups excluding tert-OH is 2. The van der Waals surface area contributed by atoms with Crippen molar-refractivity contribution in [3.8, 4) is 5.75 Å². The molecule has 7 heterocycles. The number of Topliss-reactive ketones (excluding diaryl/α,β-unsaturated/α-hetero) is 1. The van der Waals surface area contributed by atoms with Gasteiger partial charge in [-0.05, 0) is 106 Å². The number of unbranched alkanes of at least 4 members (excludes halogenated alkanes) is 3. The monoisotopic (exact) mass is 1830 g/mol. The number of aliphatic hydroxyl groups is 2. The van der Waals surface area contributed by atoms with Gasteiger partial charge in [0.25, 0.3) is 0 Å². The first-order chi connectivity index (χ1) is 62.7. The number of carbonyl (C=O) groups excluding carboxylic acids is 17. The standard InChI is InChI=1S/C90H122N20O20S/c1-8-10-12-25-72-90(130)107(6)70(24-11-9-2)84(124)98-50(3)78(118)105-69(81(121)96-44-75(91)115)47-131-48-77(117)99-66(35-52-27-29-57(112)30-28-52)86(126)106(5)51(4)79(119)100-64-31-32-76(116)93-33-17-23-63(101-82(122)65(39-56-43-92-49-97-56)102-85(125)71-26-18-34-109(71)88(64)128)89(129)110-45-58(113)40-73(110)74(114)38-53(36-54-41-94-61-21-15-13-19-59(54)61)80(120)104-68(46-111)83(123)103-67(87(127)108(72)7)37-55-42-95-62-22-16-14-20-60(55)62/h13-16,19-22,27-30,41-43,49-51,53,58,63-73,94-95,111-113H,8-12,17-18,23-26,31-40,44-48H2,1-7H3,(H2,91,115)(H,92,97)(H,93,116)(H,96,121)(H,98,124)(H,99,117)(H,100,119)(H,101,122)(H,102,125)(H,103,123)(H,104,120)(H,105,118)/t50-,51-,53+,58+,63-,64-,65-,66-,67-,68-,69-,70-,71-,72-,73-/m0/s1. The molecule has 10 rings (SSSR count). The molecule has 0 radical (unpaired) electrons. The highest BCUT2D eigenvalue weighted by Gasteiger charge is 2.47. The molecule has 0 saturated carbocycles. The predicted octanol–water partition coefficient (Wildman–Crippen LogP) is -0.923. The lowest BCUT2D eigenvalue weighted by Gasteiger charge is -2.36. The molecule has 4 saturated heterocycles. The van der Waals surface area contributed by atoms with Gasteiger partial charge in [-0.1, -0.05) is 94.5 Å². The van der Waals surface area contributed by atoms with Crippen LogP contribution in [0.2, 0.25) is 0 Å². The summed E-state index contributed by atoms with van der Waals surface area (Å²) >= 11 is 0.801. The molecule has 18 N–H and O–H groups in total. The van der Waals surface area contributed by atoms with Crippen LogP contribution in [0.1, 0.15) is 146 Å². The van der Waals surface area contributed by atoms with E-state index in [9.17, 15) is 58.5 Å². The van der Waals surface area contributed by atoms with E-state index in [1.807, 2.05) is 13.8 Å². The Morgan fingerprint density at radius 3 is 1.84 bits per heavy atom. The van der Waals surface area contributed by atoms with Crippen LogP contribution in [-0.2, 0) is 107 Å². The van der Waals surface area contributed by atoms with E-state index in [0.717, 1.165) is 21.6 Å². The molecule has 0 aliphatic carbocycles. The number of para-hydroxylation sites is 2. The number of imidazole rings is 1. The summed E-state index contributed by atoms with van der Waals surface area (Å²) in [6.45, 7) is 4.03. The van der Waals surface area contributed by atoms with Crippen molar-refractivity contribution in [2.24, 2.45) is 11.7 Å². The second-order valence-electron chi connectivity index (χ2n) is 34.1. The van der Waals surface area contributed by atoms with Crippen LogP contribution in [0.5, 0.6) is 5.75 Å². The molecule has 6 aromatic rings. The Hall–Kier alpha value is -12.8. The summed E-state index contributed by atoms with van der Waals surface area (Å²) in [4.78, 5) is 270. The number of aromatic amines is 3. The number of nitrogens with zero attached hydrogens (tertiary/aromatic N) is 6. The number of nitrogens with two attached hydrogens (primary N) is 1. The zero-order chi connectivity index (χ0) is 94.9. The number of primary amides is 1. The van der Waals surface area contributed by atoms with Crippen molar-refractivity contribution in [1.29, 1.82) is 0 Å². The van der Waals surface area contributed by atoms with Crippen LogP contribution in [-0.4, -0.2) is 310 Å². The average Bonchev–Trinajstić information content (AvgIpc) is 1.77. The lowest BCUT2D eigenvalue weighted by atomic mass is 9.90. The lowest BCUT2D eigenvalue weighted by Crippen LogP contribution is -2.60. The Bertz CT molecular complexity index is 5090. The number of thioether (sulfide) groups is 1. The molecule has 3 aromatic carbocycles. The first-order valence-corrected chi connectivity index (χ1v) is 45.7. The van der Waals surface area contributed by atoms with Crippen LogP contribution in [0.4, 0.5) is 0 Å². The molecule has 3 aromatic heterocycles. The van der Waals surface area contributed by atoms with Crippen molar-refractivity contribution in [2.45, 2.75) is 234 Å². The van der Waals surface area contributed by atoms with Gasteiger partial charge in [0.15, 0.2) is 5.78 Å². The number of ketones is 1. The highest BCUT2D eigenvalue weighted by Crippen LogP contribution is 2.30. The van der Waals surface area contributed by atoms with Crippen molar-refractivity contribution in [1.82, 2.24) is 97.6 Å². The summed E-state index contributed by atoms with van der Waals surface area (Å²) in [7, 11) is 4.01. The van der Waals surface area contributed by atoms with Crippen molar-refractivity contribution in [2.75, 3.05) is 65.4 Å². The number of nitrogens with one attached hydrogen (secondary N) is 13. The molecular formula is C90H122N20O20S. The van der Waals surface area contributed by atoms with E-state index in [4.69, 9.17) is 5.73 Å². The van der Waals surface area contributed by atoms with E-state index in [-0.39, 0.29) is 102 Å². The van der Waals surface area contributed by atoms with E-state index >= 15 is 38.4 Å². The van der Waals surface area contributed by atoms with Gasteiger partial charge in [0.2, 0.25) is 94.5 Å². The van der Waals surface area contributed by atoms with E-state index < -0.39 is 229 Å². The van der Waals surface area contributed by atoms with E-state index in [2.05, 4.69) is 73.1 Å². The number of H-pyrrole nitrogens is 3. The summed E-state index contributed by atoms with van der Waals surface area (Å²) in [6, 6.07) is 0.586. The van der Waals surface area contributed by atoms with E-state index in [0.29, 0.717) is 76.3 Å². The van der Waals surface area contributed by atoms with E-state index in [1.54, 1.807) is 60.9 Å². The largest absolute Gasteiger partial charge is 0.508 e. The number of phenolic OH excluding ortho intramolecular Hbond substituents is 1. The number of aromatic nitrogens is 4. The number of rotatable bonds is 19. The number of benzene rings is 3. The van der Waals surface area contributed by atoms with Crippen molar-refractivity contribution in [3.63, 3.8) is 0 Å². The average molecular weight is 1840 g/mol. The van der Waals surface area contributed by atoms with Crippen LogP contribution >= 0.6 is 11.8 Å². The smallest absolute Gasteiger partial charge is 0.245 e. The maximum Gasteiger partial charge on any atom is 0.245 e.